The lowest BCUT2D eigenvalue weighted by Crippen LogP contribution is -2.40. The van der Waals surface area contributed by atoms with Crippen molar-refractivity contribution in [3.63, 3.8) is 0 Å². The third kappa shape index (κ3) is 6.05. The van der Waals surface area contributed by atoms with E-state index in [1.54, 1.807) is 20.4 Å². The van der Waals surface area contributed by atoms with Gasteiger partial charge in [0.2, 0.25) is 5.88 Å². The molecule has 1 fully saturated rings. The molecule has 2 aromatic rings. The van der Waals surface area contributed by atoms with Crippen LogP contribution in [-0.4, -0.2) is 36.4 Å². The lowest BCUT2D eigenvalue weighted by molar-refractivity contribution is 0.397. The van der Waals surface area contributed by atoms with Crippen LogP contribution in [0, 0.1) is 0 Å². The number of nitrogens with zero attached hydrogens (tertiary/aromatic N) is 2. The lowest BCUT2D eigenvalue weighted by atomic mass is 10.2. The maximum Gasteiger partial charge on any atom is 0.213 e. The predicted molar refractivity (Wildman–Crippen MR) is 119 cm³/mol. The zero-order chi connectivity index (χ0) is 17.5. The van der Waals surface area contributed by atoms with E-state index in [0.29, 0.717) is 17.2 Å². The molecule has 1 heterocycles. The molecule has 3 rings (SSSR count). The molecule has 0 unspecified atom stereocenters. The SMILES string of the molecule is CN=C(NCc1ccnc(OC)c1)NCC1(Sc2ccccc2)CC1.I. The van der Waals surface area contributed by atoms with E-state index in [1.165, 1.54) is 17.7 Å². The molecule has 0 atom stereocenters. The fourth-order valence-electron chi connectivity index (χ4n) is 2.52. The van der Waals surface area contributed by atoms with Crippen LogP contribution in [0.15, 0.2) is 58.5 Å². The van der Waals surface area contributed by atoms with Gasteiger partial charge in [0.25, 0.3) is 0 Å². The van der Waals surface area contributed by atoms with Crippen molar-refractivity contribution in [2.45, 2.75) is 29.0 Å². The minimum atomic E-state index is 0. The van der Waals surface area contributed by atoms with E-state index in [2.05, 4.69) is 50.9 Å². The molecule has 7 heteroatoms. The molecule has 1 aliphatic rings. The Morgan fingerprint density at radius 1 is 1.23 bits per heavy atom. The van der Waals surface area contributed by atoms with E-state index in [-0.39, 0.29) is 24.0 Å². The molecule has 5 nitrogen and oxygen atoms in total. The van der Waals surface area contributed by atoms with Crippen molar-refractivity contribution >= 4 is 41.7 Å². The highest BCUT2D eigenvalue weighted by Crippen LogP contribution is 2.51. The van der Waals surface area contributed by atoms with E-state index in [9.17, 15) is 0 Å². The summed E-state index contributed by atoms with van der Waals surface area (Å²) in [7, 11) is 3.42. The summed E-state index contributed by atoms with van der Waals surface area (Å²) >= 11 is 1.96. The van der Waals surface area contributed by atoms with Gasteiger partial charge in [-0.15, -0.1) is 35.7 Å². The van der Waals surface area contributed by atoms with E-state index in [0.717, 1.165) is 18.1 Å². The number of hydrogen-bond donors (Lipinski definition) is 2. The van der Waals surface area contributed by atoms with Crippen molar-refractivity contribution < 1.29 is 4.74 Å². The first-order valence-electron chi connectivity index (χ1n) is 8.40. The molecular weight excluding hydrogens is 459 g/mol. The normalized spacial score (nSPS) is 14.9. The maximum atomic E-state index is 5.16. The van der Waals surface area contributed by atoms with E-state index >= 15 is 0 Å². The van der Waals surface area contributed by atoms with Crippen LogP contribution in [0.2, 0.25) is 0 Å². The zero-order valence-electron chi connectivity index (χ0n) is 15.1. The summed E-state index contributed by atoms with van der Waals surface area (Å²) < 4.78 is 5.45. The summed E-state index contributed by atoms with van der Waals surface area (Å²) in [6.07, 6.45) is 4.22. The number of guanidine groups is 1. The smallest absolute Gasteiger partial charge is 0.213 e. The largest absolute Gasteiger partial charge is 0.481 e. The highest BCUT2D eigenvalue weighted by atomic mass is 127. The topological polar surface area (TPSA) is 58.5 Å². The Bertz CT molecular complexity index is 722. The van der Waals surface area contributed by atoms with Gasteiger partial charge in [-0.25, -0.2) is 4.98 Å². The zero-order valence-corrected chi connectivity index (χ0v) is 18.2. The maximum absolute atomic E-state index is 5.16. The van der Waals surface area contributed by atoms with Gasteiger partial charge in [0.15, 0.2) is 5.96 Å². The summed E-state index contributed by atoms with van der Waals surface area (Å²) in [6.45, 7) is 1.59. The Morgan fingerprint density at radius 2 is 2.00 bits per heavy atom. The van der Waals surface area contributed by atoms with E-state index in [1.807, 2.05) is 23.9 Å². The summed E-state index contributed by atoms with van der Waals surface area (Å²) in [5.41, 5.74) is 1.11. The Balaban J connectivity index is 0.00000243. The minimum Gasteiger partial charge on any atom is -0.481 e. The van der Waals surface area contributed by atoms with Crippen molar-refractivity contribution in [3.05, 3.63) is 54.2 Å². The molecule has 0 radical (unpaired) electrons. The van der Waals surface area contributed by atoms with Crippen molar-refractivity contribution in [1.29, 1.82) is 0 Å². The van der Waals surface area contributed by atoms with Gasteiger partial charge in [0.1, 0.15) is 0 Å². The third-order valence-electron chi connectivity index (χ3n) is 4.16. The minimum absolute atomic E-state index is 0. The Morgan fingerprint density at radius 3 is 2.65 bits per heavy atom. The van der Waals surface area contributed by atoms with E-state index < -0.39 is 0 Å². The molecule has 140 valence electrons. The molecule has 0 saturated heterocycles. The number of pyridine rings is 1. The number of hydrogen-bond acceptors (Lipinski definition) is 4. The molecule has 2 N–H and O–H groups in total. The van der Waals surface area contributed by atoms with Crippen LogP contribution in [-0.2, 0) is 6.54 Å². The third-order valence-corrected chi connectivity index (χ3v) is 5.65. The lowest BCUT2D eigenvalue weighted by Gasteiger charge is -2.18. The number of nitrogens with one attached hydrogen (secondary N) is 2. The second kappa shape index (κ2) is 10.0. The van der Waals surface area contributed by atoms with Gasteiger partial charge in [0, 0.05) is 42.0 Å². The second-order valence-corrected chi connectivity index (χ2v) is 7.63. The molecule has 1 saturated carbocycles. The summed E-state index contributed by atoms with van der Waals surface area (Å²) in [6, 6.07) is 14.5. The van der Waals surface area contributed by atoms with Crippen LogP contribution < -0.4 is 15.4 Å². The monoisotopic (exact) mass is 484 g/mol. The quantitative estimate of drug-likeness (QED) is 0.357. The number of rotatable bonds is 7. The van der Waals surface area contributed by atoms with Crippen LogP contribution in [0.25, 0.3) is 0 Å². The van der Waals surface area contributed by atoms with Gasteiger partial charge < -0.3 is 15.4 Å². The fraction of sp³-hybridized carbons (Fsp3) is 0.368. The standard InChI is InChI=1S/C19H24N4OS.HI/c1-20-18(22-13-15-8-11-21-17(12-15)24-2)23-14-19(9-10-19)25-16-6-4-3-5-7-16;/h3-8,11-12H,9-10,13-14H2,1-2H3,(H2,20,22,23);1H. The average Bonchev–Trinajstić information content (AvgIpc) is 3.42. The molecule has 0 spiro atoms. The van der Waals surface area contributed by atoms with Crippen LogP contribution in [0.5, 0.6) is 5.88 Å². The highest BCUT2D eigenvalue weighted by Gasteiger charge is 2.43. The molecule has 1 aromatic carbocycles. The molecule has 0 amide bonds. The number of ether oxygens (including phenoxy) is 1. The van der Waals surface area contributed by atoms with Crippen molar-refractivity contribution in [2.24, 2.45) is 4.99 Å². The van der Waals surface area contributed by atoms with Gasteiger partial charge in [-0.05, 0) is 36.6 Å². The molecule has 0 aliphatic heterocycles. The van der Waals surface area contributed by atoms with Gasteiger partial charge in [-0.1, -0.05) is 18.2 Å². The van der Waals surface area contributed by atoms with E-state index in [4.69, 9.17) is 4.74 Å². The number of benzene rings is 1. The molecule has 1 aromatic heterocycles. The van der Waals surface area contributed by atoms with Crippen LogP contribution in [0.4, 0.5) is 0 Å². The second-order valence-electron chi connectivity index (χ2n) is 6.08. The Labute approximate surface area is 176 Å². The van der Waals surface area contributed by atoms with Crippen LogP contribution in [0.1, 0.15) is 18.4 Å². The van der Waals surface area contributed by atoms with Crippen molar-refractivity contribution in [1.82, 2.24) is 15.6 Å². The molecular formula is C19H25IN4OS. The van der Waals surface area contributed by atoms with Gasteiger partial charge in [-0.3, -0.25) is 4.99 Å². The summed E-state index contributed by atoms with van der Waals surface area (Å²) in [4.78, 5) is 9.77. The Kier molecular flexibility index (Phi) is 8.02. The Hall–Kier alpha value is -1.48. The van der Waals surface area contributed by atoms with Crippen molar-refractivity contribution in [2.75, 3.05) is 20.7 Å². The number of halogens is 1. The summed E-state index contributed by atoms with van der Waals surface area (Å²) in [5, 5.41) is 6.81. The van der Waals surface area contributed by atoms with Crippen LogP contribution >= 0.6 is 35.7 Å². The molecule has 1 aliphatic carbocycles. The number of methoxy groups -OCH3 is 1. The first kappa shape index (κ1) is 20.8. The number of aliphatic imine (C=N–C) groups is 1. The van der Waals surface area contributed by atoms with Crippen LogP contribution in [0.3, 0.4) is 0 Å². The molecule has 0 bridgehead atoms. The van der Waals surface area contributed by atoms with Gasteiger partial charge in [-0.2, -0.15) is 0 Å². The van der Waals surface area contributed by atoms with Gasteiger partial charge >= 0.3 is 0 Å². The highest BCUT2D eigenvalue weighted by molar-refractivity contribution is 14.0. The average molecular weight is 484 g/mol. The number of aromatic nitrogens is 1. The first-order valence-corrected chi connectivity index (χ1v) is 9.22. The van der Waals surface area contributed by atoms with Crippen molar-refractivity contribution in [3.8, 4) is 5.88 Å². The molecule has 26 heavy (non-hydrogen) atoms. The first-order chi connectivity index (χ1) is 12.2. The van der Waals surface area contributed by atoms with Gasteiger partial charge in [0.05, 0.1) is 7.11 Å². The summed E-state index contributed by atoms with van der Waals surface area (Å²) in [5.74, 6) is 1.44. The predicted octanol–water partition coefficient (Wildman–Crippen LogP) is 3.70. The fourth-order valence-corrected chi connectivity index (χ4v) is 3.76. The number of thioether (sulfide) groups is 1.